The lowest BCUT2D eigenvalue weighted by Crippen LogP contribution is -2.39. The van der Waals surface area contributed by atoms with Gasteiger partial charge in [-0.05, 0) is 25.5 Å². The third-order valence-corrected chi connectivity index (χ3v) is 2.33. The molecule has 1 aromatic rings. The van der Waals surface area contributed by atoms with Crippen molar-refractivity contribution in [1.82, 2.24) is 0 Å². The average Bonchev–Trinajstić information content (AvgIpc) is 2.30. The highest BCUT2D eigenvalue weighted by atomic mass is 16.6. The Hall–Kier alpha value is -2.02. The van der Waals surface area contributed by atoms with Gasteiger partial charge in [0.25, 0.3) is 6.26 Å². The fourth-order valence-corrected chi connectivity index (χ4v) is 1.06. The number of nitrogens with zero attached hydrogens (tertiary/aromatic N) is 1. The van der Waals surface area contributed by atoms with Gasteiger partial charge in [-0.25, -0.2) is 4.79 Å². The van der Waals surface area contributed by atoms with Crippen molar-refractivity contribution < 1.29 is 14.3 Å². The predicted molar refractivity (Wildman–Crippen MR) is 57.5 cm³/mol. The van der Waals surface area contributed by atoms with Crippen molar-refractivity contribution in [2.45, 2.75) is 25.9 Å². The van der Waals surface area contributed by atoms with Gasteiger partial charge in [0.1, 0.15) is 5.75 Å². The quantitative estimate of drug-likeness (QED) is 0.442. The SMILES string of the molecule is CCC(C)(OC#N)C(=O)Oc1ccccc1. The molecule has 0 N–H and O–H groups in total. The number of carbonyl (C=O) groups is 1. The smallest absolute Gasteiger partial charge is 0.356 e. The molecule has 0 heterocycles. The van der Waals surface area contributed by atoms with Gasteiger partial charge in [0.15, 0.2) is 0 Å². The van der Waals surface area contributed by atoms with Gasteiger partial charge in [0.05, 0.1) is 0 Å². The van der Waals surface area contributed by atoms with Gasteiger partial charge in [-0.3, -0.25) is 0 Å². The third kappa shape index (κ3) is 2.74. The molecule has 0 aliphatic rings. The monoisotopic (exact) mass is 219 g/mol. The molecule has 84 valence electrons. The summed E-state index contributed by atoms with van der Waals surface area (Å²) in [5.74, 6) is -0.128. The molecule has 1 aromatic carbocycles. The highest BCUT2D eigenvalue weighted by molar-refractivity contribution is 5.81. The lowest BCUT2D eigenvalue weighted by Gasteiger charge is -2.22. The van der Waals surface area contributed by atoms with E-state index in [2.05, 4.69) is 0 Å². The second-order valence-corrected chi connectivity index (χ2v) is 3.48. The van der Waals surface area contributed by atoms with Crippen LogP contribution in [0.3, 0.4) is 0 Å². The molecule has 0 fully saturated rings. The Morgan fingerprint density at radius 2 is 2.06 bits per heavy atom. The van der Waals surface area contributed by atoms with Crippen molar-refractivity contribution in [2.75, 3.05) is 0 Å². The molecule has 0 radical (unpaired) electrons. The normalized spacial score (nSPS) is 13.3. The van der Waals surface area contributed by atoms with Crippen molar-refractivity contribution in [3.8, 4) is 12.0 Å². The number of rotatable bonds is 4. The number of carbonyl (C=O) groups excluding carboxylic acids is 1. The van der Waals surface area contributed by atoms with Crippen LogP contribution in [-0.2, 0) is 9.53 Å². The fourth-order valence-electron chi connectivity index (χ4n) is 1.06. The second kappa shape index (κ2) is 5.17. The van der Waals surface area contributed by atoms with Crippen LogP contribution in [0.1, 0.15) is 20.3 Å². The summed E-state index contributed by atoms with van der Waals surface area (Å²) in [6, 6.07) is 8.68. The van der Waals surface area contributed by atoms with E-state index in [1.165, 1.54) is 13.2 Å². The molecule has 0 saturated carbocycles. The molecule has 0 amide bonds. The standard InChI is InChI=1S/C12H13NO3/c1-3-12(2,15-9-13)11(14)16-10-7-5-4-6-8-10/h4-8H,3H2,1-2H3. The molecular formula is C12H13NO3. The summed E-state index contributed by atoms with van der Waals surface area (Å²) in [4.78, 5) is 11.8. The summed E-state index contributed by atoms with van der Waals surface area (Å²) in [5.41, 5.74) is -1.22. The maximum atomic E-state index is 11.8. The zero-order chi connectivity index (χ0) is 12.0. The Bertz CT molecular complexity index is 396. The first-order valence-corrected chi connectivity index (χ1v) is 4.97. The summed E-state index contributed by atoms with van der Waals surface area (Å²) in [6.07, 6.45) is 1.89. The Morgan fingerprint density at radius 1 is 1.44 bits per heavy atom. The van der Waals surface area contributed by atoms with Crippen molar-refractivity contribution in [3.05, 3.63) is 30.3 Å². The predicted octanol–water partition coefficient (Wildman–Crippen LogP) is 2.26. The Morgan fingerprint density at radius 3 is 2.56 bits per heavy atom. The molecule has 0 aliphatic carbocycles. The van der Waals surface area contributed by atoms with Crippen molar-refractivity contribution in [3.63, 3.8) is 0 Å². The minimum absolute atomic E-state index is 0.367. The number of ether oxygens (including phenoxy) is 2. The topological polar surface area (TPSA) is 59.3 Å². The number of benzene rings is 1. The first-order chi connectivity index (χ1) is 7.62. The molecule has 16 heavy (non-hydrogen) atoms. The van der Waals surface area contributed by atoms with E-state index in [9.17, 15) is 4.79 Å². The summed E-state index contributed by atoms with van der Waals surface area (Å²) < 4.78 is 9.85. The van der Waals surface area contributed by atoms with E-state index in [4.69, 9.17) is 14.7 Å². The lowest BCUT2D eigenvalue weighted by molar-refractivity contribution is -0.153. The van der Waals surface area contributed by atoms with E-state index >= 15 is 0 Å². The number of nitriles is 1. The molecule has 0 aromatic heterocycles. The lowest BCUT2D eigenvalue weighted by atomic mass is 10.0. The van der Waals surface area contributed by atoms with E-state index in [1.54, 1.807) is 31.2 Å². The van der Waals surface area contributed by atoms with Crippen LogP contribution >= 0.6 is 0 Å². The summed E-state index contributed by atoms with van der Waals surface area (Å²) in [6.45, 7) is 3.28. The van der Waals surface area contributed by atoms with Gasteiger partial charge < -0.3 is 9.47 Å². The van der Waals surface area contributed by atoms with E-state index in [0.717, 1.165) is 0 Å². The van der Waals surface area contributed by atoms with Crippen LogP contribution in [0.4, 0.5) is 0 Å². The van der Waals surface area contributed by atoms with Crippen LogP contribution in [0.2, 0.25) is 0 Å². The Balaban J connectivity index is 2.75. The van der Waals surface area contributed by atoms with Gasteiger partial charge in [-0.1, -0.05) is 25.1 Å². The molecular weight excluding hydrogens is 206 g/mol. The summed E-state index contributed by atoms with van der Waals surface area (Å²) in [7, 11) is 0. The zero-order valence-electron chi connectivity index (χ0n) is 9.27. The summed E-state index contributed by atoms with van der Waals surface area (Å²) >= 11 is 0. The van der Waals surface area contributed by atoms with Crippen molar-refractivity contribution in [2.24, 2.45) is 0 Å². The molecule has 1 rings (SSSR count). The first-order valence-electron chi connectivity index (χ1n) is 4.97. The third-order valence-electron chi connectivity index (χ3n) is 2.33. The zero-order valence-corrected chi connectivity index (χ0v) is 9.27. The van der Waals surface area contributed by atoms with Gasteiger partial charge in [-0.2, -0.15) is 5.26 Å². The molecule has 1 unspecified atom stereocenters. The van der Waals surface area contributed by atoms with Crippen LogP contribution in [-0.4, -0.2) is 11.6 Å². The highest BCUT2D eigenvalue weighted by Gasteiger charge is 2.36. The fraction of sp³-hybridized carbons (Fsp3) is 0.333. The maximum absolute atomic E-state index is 11.8. The molecule has 0 saturated heterocycles. The van der Waals surface area contributed by atoms with E-state index in [-0.39, 0.29) is 0 Å². The van der Waals surface area contributed by atoms with Crippen LogP contribution in [0.15, 0.2) is 30.3 Å². The van der Waals surface area contributed by atoms with E-state index < -0.39 is 11.6 Å². The number of hydrogen-bond donors (Lipinski definition) is 0. The second-order valence-electron chi connectivity index (χ2n) is 3.48. The highest BCUT2D eigenvalue weighted by Crippen LogP contribution is 2.19. The number of para-hydroxylation sites is 1. The van der Waals surface area contributed by atoms with Gasteiger partial charge in [-0.15, -0.1) is 0 Å². The van der Waals surface area contributed by atoms with Crippen LogP contribution < -0.4 is 4.74 Å². The summed E-state index contributed by atoms with van der Waals surface area (Å²) in [5, 5.41) is 8.47. The Labute approximate surface area is 94.4 Å². The molecule has 4 heteroatoms. The molecule has 0 aliphatic heterocycles. The first kappa shape index (κ1) is 12.1. The van der Waals surface area contributed by atoms with E-state index in [0.29, 0.717) is 12.2 Å². The van der Waals surface area contributed by atoms with Gasteiger partial charge >= 0.3 is 5.97 Å². The maximum Gasteiger partial charge on any atom is 0.356 e. The van der Waals surface area contributed by atoms with Crippen molar-refractivity contribution in [1.29, 1.82) is 5.26 Å². The number of esters is 1. The van der Waals surface area contributed by atoms with Crippen LogP contribution in [0.5, 0.6) is 5.75 Å². The molecule has 4 nitrogen and oxygen atoms in total. The minimum Gasteiger partial charge on any atom is -0.424 e. The van der Waals surface area contributed by atoms with E-state index in [1.807, 2.05) is 6.07 Å². The average molecular weight is 219 g/mol. The minimum atomic E-state index is -1.22. The number of hydrogen-bond acceptors (Lipinski definition) is 4. The van der Waals surface area contributed by atoms with Crippen LogP contribution in [0.25, 0.3) is 0 Å². The van der Waals surface area contributed by atoms with Crippen molar-refractivity contribution >= 4 is 5.97 Å². The largest absolute Gasteiger partial charge is 0.424 e. The molecule has 0 spiro atoms. The van der Waals surface area contributed by atoms with Gasteiger partial charge in [0, 0.05) is 0 Å². The van der Waals surface area contributed by atoms with Gasteiger partial charge in [0.2, 0.25) is 5.60 Å². The van der Waals surface area contributed by atoms with Crippen LogP contribution in [0, 0.1) is 11.5 Å². The molecule has 0 bridgehead atoms. The Kier molecular flexibility index (Phi) is 3.90. The molecule has 1 atom stereocenters.